The SMILES string of the molecule is CC(CC(=O)N1C2CC3CC1CC(C(=O)O)(C3)C2)c1c[nH]c2cccc(C3CC3)c12.[HH].[Na]. The van der Waals surface area contributed by atoms with E-state index in [9.17, 15) is 14.7 Å². The molecule has 2 N–H and O–H groups in total. The number of piperidine rings is 2. The van der Waals surface area contributed by atoms with Gasteiger partial charge in [-0.3, -0.25) is 9.59 Å². The number of aromatic nitrogens is 1. The number of hydrogen-bond acceptors (Lipinski definition) is 2. The molecule has 31 heavy (non-hydrogen) atoms. The van der Waals surface area contributed by atoms with Crippen molar-refractivity contribution in [3.05, 3.63) is 35.5 Å². The van der Waals surface area contributed by atoms with Crippen LogP contribution in [0.25, 0.3) is 10.9 Å². The van der Waals surface area contributed by atoms with E-state index < -0.39 is 11.4 Å². The Labute approximate surface area is 206 Å². The zero-order valence-corrected chi connectivity index (χ0v) is 20.6. The molecule has 5 nitrogen and oxygen atoms in total. The van der Waals surface area contributed by atoms with E-state index in [1.165, 1.54) is 34.9 Å². The van der Waals surface area contributed by atoms with Gasteiger partial charge in [-0.15, -0.1) is 0 Å². The minimum Gasteiger partial charge on any atom is -0.481 e. The van der Waals surface area contributed by atoms with Crippen LogP contribution in [0, 0.1) is 11.3 Å². The van der Waals surface area contributed by atoms with Gasteiger partial charge in [0.15, 0.2) is 0 Å². The summed E-state index contributed by atoms with van der Waals surface area (Å²) in [6, 6.07) is 6.75. The number of aliphatic carboxylic acids is 1. The van der Waals surface area contributed by atoms with Crippen molar-refractivity contribution in [2.24, 2.45) is 11.3 Å². The second-order valence-electron chi connectivity index (χ2n) is 10.5. The maximum atomic E-state index is 13.4. The third kappa shape index (κ3) is 3.39. The van der Waals surface area contributed by atoms with Gasteiger partial charge >= 0.3 is 5.97 Å². The van der Waals surface area contributed by atoms with Crippen molar-refractivity contribution in [2.45, 2.75) is 82.2 Å². The summed E-state index contributed by atoms with van der Waals surface area (Å²) in [5.41, 5.74) is 3.29. The van der Waals surface area contributed by atoms with Gasteiger partial charge < -0.3 is 15.0 Å². The number of carboxylic acid groups (broad SMARTS) is 1. The number of nitrogens with zero attached hydrogens (tertiary/aromatic N) is 1. The standard InChI is InChI=1S/C25H30N2O3.Na.H2/c1-14(20-13-26-21-4-2-3-19(23(20)21)16-5-6-16)7-22(28)27-17-8-15-9-18(27)12-25(10-15,11-17)24(29)30;;/h2-4,13-18,26H,5-12H2,1H3,(H,29,30);;1H. The van der Waals surface area contributed by atoms with Crippen molar-refractivity contribution in [2.75, 3.05) is 0 Å². The van der Waals surface area contributed by atoms with Gasteiger partial charge in [0.1, 0.15) is 0 Å². The van der Waals surface area contributed by atoms with Crippen molar-refractivity contribution in [1.82, 2.24) is 9.88 Å². The summed E-state index contributed by atoms with van der Waals surface area (Å²) in [5.74, 6) is 0.877. The third-order valence-electron chi connectivity index (χ3n) is 8.47. The number of aromatic amines is 1. The smallest absolute Gasteiger partial charge is 0.309 e. The topological polar surface area (TPSA) is 73.4 Å². The van der Waals surface area contributed by atoms with Crippen LogP contribution in [0.2, 0.25) is 0 Å². The molecule has 3 aliphatic carbocycles. The van der Waals surface area contributed by atoms with Crippen molar-refractivity contribution < 1.29 is 16.1 Å². The molecular weight excluding hydrogens is 399 g/mol. The average molecular weight is 432 g/mol. The molecule has 4 bridgehead atoms. The minimum absolute atomic E-state index is 0. The Kier molecular flexibility index (Phi) is 5.31. The molecular formula is C25H32N2NaO3. The second-order valence-corrected chi connectivity index (χ2v) is 10.5. The third-order valence-corrected chi connectivity index (χ3v) is 8.47. The van der Waals surface area contributed by atoms with Crippen molar-refractivity contribution >= 4 is 52.3 Å². The number of carbonyl (C=O) groups is 2. The Morgan fingerprint density at radius 3 is 2.58 bits per heavy atom. The van der Waals surface area contributed by atoms with Gasteiger partial charge in [-0.1, -0.05) is 19.1 Å². The first-order valence-corrected chi connectivity index (χ1v) is 11.6. The molecule has 1 radical (unpaired) electrons. The number of nitrogens with one attached hydrogen (secondary N) is 1. The molecule has 7 rings (SSSR count). The number of hydrogen-bond donors (Lipinski definition) is 2. The van der Waals surface area contributed by atoms with Crippen LogP contribution in [0.5, 0.6) is 0 Å². The van der Waals surface area contributed by atoms with Gasteiger partial charge in [0.05, 0.1) is 5.41 Å². The molecule has 1 aromatic carbocycles. The van der Waals surface area contributed by atoms with Gasteiger partial charge in [-0.25, -0.2) is 0 Å². The summed E-state index contributed by atoms with van der Waals surface area (Å²) in [6.07, 6.45) is 9.22. The average Bonchev–Trinajstić information content (AvgIpc) is 3.44. The Morgan fingerprint density at radius 2 is 1.94 bits per heavy atom. The Morgan fingerprint density at radius 1 is 1.23 bits per heavy atom. The summed E-state index contributed by atoms with van der Waals surface area (Å²) >= 11 is 0. The summed E-state index contributed by atoms with van der Waals surface area (Å²) in [6.45, 7) is 2.17. The molecule has 3 heterocycles. The van der Waals surface area contributed by atoms with Crippen molar-refractivity contribution in [3.63, 3.8) is 0 Å². The predicted octanol–water partition coefficient (Wildman–Crippen LogP) is 4.65. The first kappa shape index (κ1) is 21.5. The molecule has 3 saturated carbocycles. The van der Waals surface area contributed by atoms with E-state index in [0.717, 1.165) is 19.3 Å². The van der Waals surface area contributed by atoms with Gasteiger partial charge in [0.2, 0.25) is 5.91 Å². The van der Waals surface area contributed by atoms with Gasteiger partial charge in [-0.05, 0) is 79.9 Å². The summed E-state index contributed by atoms with van der Waals surface area (Å²) in [5, 5.41) is 11.2. The summed E-state index contributed by atoms with van der Waals surface area (Å²) in [7, 11) is 0. The molecule has 2 aliphatic heterocycles. The fourth-order valence-corrected chi connectivity index (χ4v) is 7.14. The molecule has 1 aromatic heterocycles. The Bertz CT molecular complexity index is 1030. The molecule has 5 fully saturated rings. The molecule has 2 saturated heterocycles. The maximum Gasteiger partial charge on any atom is 0.309 e. The number of fused-ring (bicyclic) bond motifs is 1. The van der Waals surface area contributed by atoms with E-state index in [1.54, 1.807) is 0 Å². The van der Waals surface area contributed by atoms with E-state index in [-0.39, 0.29) is 54.9 Å². The first-order valence-electron chi connectivity index (χ1n) is 11.6. The van der Waals surface area contributed by atoms with Crippen LogP contribution in [0.4, 0.5) is 0 Å². The van der Waals surface area contributed by atoms with Crippen LogP contribution in [-0.4, -0.2) is 68.5 Å². The largest absolute Gasteiger partial charge is 0.481 e. The van der Waals surface area contributed by atoms with Crippen LogP contribution < -0.4 is 0 Å². The quantitative estimate of drug-likeness (QED) is 0.677. The number of carboxylic acids is 1. The van der Waals surface area contributed by atoms with Crippen LogP contribution in [0.1, 0.15) is 82.7 Å². The number of amides is 1. The minimum atomic E-state index is -0.645. The van der Waals surface area contributed by atoms with Gasteiger partial charge in [-0.2, -0.15) is 0 Å². The molecule has 3 unspecified atom stereocenters. The molecule has 5 aliphatic rings. The van der Waals surface area contributed by atoms with E-state index >= 15 is 0 Å². The van der Waals surface area contributed by atoms with E-state index in [1.807, 2.05) is 0 Å². The second kappa shape index (κ2) is 7.64. The molecule has 3 atom stereocenters. The fraction of sp³-hybridized carbons (Fsp3) is 0.600. The van der Waals surface area contributed by atoms with Gasteiger partial charge in [0, 0.05) is 66.6 Å². The Balaban J connectivity index is 0.00000122. The molecule has 0 spiro atoms. The predicted molar refractivity (Wildman–Crippen MR) is 122 cm³/mol. The number of benzene rings is 1. The zero-order valence-electron chi connectivity index (χ0n) is 18.6. The van der Waals surface area contributed by atoms with Crippen LogP contribution >= 0.6 is 0 Å². The summed E-state index contributed by atoms with van der Waals surface area (Å²) in [4.78, 5) is 30.9. The number of carbonyl (C=O) groups excluding carboxylic acids is 1. The van der Waals surface area contributed by atoms with E-state index in [0.29, 0.717) is 31.1 Å². The molecule has 2 aromatic rings. The van der Waals surface area contributed by atoms with Gasteiger partial charge in [0.25, 0.3) is 0 Å². The van der Waals surface area contributed by atoms with Crippen molar-refractivity contribution in [1.29, 1.82) is 0 Å². The van der Waals surface area contributed by atoms with E-state index in [2.05, 4.69) is 41.2 Å². The van der Waals surface area contributed by atoms with E-state index in [4.69, 9.17) is 0 Å². The monoisotopic (exact) mass is 431 g/mol. The fourth-order valence-electron chi connectivity index (χ4n) is 7.14. The van der Waals surface area contributed by atoms with Crippen LogP contribution in [0.15, 0.2) is 24.4 Å². The first-order chi connectivity index (χ1) is 14.4. The Hall–Kier alpha value is -1.30. The maximum absolute atomic E-state index is 13.4. The van der Waals surface area contributed by atoms with Crippen molar-refractivity contribution in [3.8, 4) is 0 Å². The molecule has 6 heteroatoms. The summed E-state index contributed by atoms with van der Waals surface area (Å²) < 4.78 is 0. The number of rotatable bonds is 5. The number of H-pyrrole nitrogens is 1. The molecule has 1 amide bonds. The molecule has 161 valence electrons. The zero-order chi connectivity index (χ0) is 20.6. The van der Waals surface area contributed by atoms with Crippen LogP contribution in [-0.2, 0) is 9.59 Å². The normalized spacial score (nSPS) is 32.2. The van der Waals surface area contributed by atoms with Crippen LogP contribution in [0.3, 0.4) is 0 Å².